The zero-order valence-corrected chi connectivity index (χ0v) is 11.5. The molecule has 6 heteroatoms. The molecule has 2 rings (SSSR count). The van der Waals surface area contributed by atoms with Gasteiger partial charge in [-0.3, -0.25) is 4.79 Å². The van der Waals surface area contributed by atoms with Crippen LogP contribution < -0.4 is 5.32 Å². The molecule has 1 aromatic rings. The maximum atomic E-state index is 12.9. The van der Waals surface area contributed by atoms with E-state index in [1.54, 1.807) is 0 Å². The van der Waals surface area contributed by atoms with Crippen LogP contribution in [0.3, 0.4) is 0 Å². The van der Waals surface area contributed by atoms with E-state index in [1.807, 2.05) is 0 Å². The third-order valence-corrected chi connectivity index (χ3v) is 3.76. The second-order valence-electron chi connectivity index (χ2n) is 5.01. The van der Waals surface area contributed by atoms with Crippen LogP contribution in [0.2, 0.25) is 5.02 Å². The highest BCUT2D eigenvalue weighted by Gasteiger charge is 2.34. The minimum Gasteiger partial charge on any atom is -0.325 e. The Morgan fingerprint density at radius 3 is 2.45 bits per heavy atom. The highest BCUT2D eigenvalue weighted by molar-refractivity contribution is 6.30. The van der Waals surface area contributed by atoms with Crippen molar-refractivity contribution in [1.82, 2.24) is 0 Å². The Hall–Kier alpha value is -1.23. The minimum atomic E-state index is -4.54. The van der Waals surface area contributed by atoms with Crippen LogP contribution in [0.5, 0.6) is 0 Å². The Kier molecular flexibility index (Phi) is 4.58. The number of amides is 1. The molecule has 0 spiro atoms. The Labute approximate surface area is 120 Å². The van der Waals surface area contributed by atoms with Crippen molar-refractivity contribution in [2.75, 3.05) is 5.32 Å². The first-order chi connectivity index (χ1) is 9.38. The van der Waals surface area contributed by atoms with Gasteiger partial charge in [0.15, 0.2) is 0 Å². The number of anilines is 1. The summed E-state index contributed by atoms with van der Waals surface area (Å²) in [6.45, 7) is 0. The van der Waals surface area contributed by atoms with Crippen molar-refractivity contribution >= 4 is 23.2 Å². The summed E-state index contributed by atoms with van der Waals surface area (Å²) in [7, 11) is 0. The van der Waals surface area contributed by atoms with Crippen LogP contribution in [0.25, 0.3) is 0 Å². The second kappa shape index (κ2) is 6.04. The van der Waals surface area contributed by atoms with E-state index < -0.39 is 11.7 Å². The molecule has 0 radical (unpaired) electrons. The lowest BCUT2D eigenvalue weighted by atomic mass is 9.88. The molecule has 1 saturated carbocycles. The van der Waals surface area contributed by atoms with Gasteiger partial charge >= 0.3 is 6.18 Å². The fourth-order valence-electron chi connectivity index (χ4n) is 2.46. The van der Waals surface area contributed by atoms with E-state index in [0.29, 0.717) is 0 Å². The van der Waals surface area contributed by atoms with Crippen molar-refractivity contribution < 1.29 is 18.0 Å². The van der Waals surface area contributed by atoms with Crippen LogP contribution >= 0.6 is 11.6 Å². The molecular formula is C14H15ClF3NO. The van der Waals surface area contributed by atoms with Gasteiger partial charge in [0.2, 0.25) is 5.91 Å². The van der Waals surface area contributed by atoms with Crippen LogP contribution in [-0.2, 0) is 11.0 Å². The molecule has 0 bridgehead atoms. The predicted molar refractivity (Wildman–Crippen MR) is 71.7 cm³/mol. The van der Waals surface area contributed by atoms with E-state index in [1.165, 1.54) is 12.1 Å². The molecule has 1 aliphatic rings. The number of benzene rings is 1. The second-order valence-corrected chi connectivity index (χ2v) is 5.45. The quantitative estimate of drug-likeness (QED) is 0.829. The molecule has 1 fully saturated rings. The van der Waals surface area contributed by atoms with Gasteiger partial charge in [0.05, 0.1) is 11.3 Å². The molecule has 0 heterocycles. The Morgan fingerprint density at radius 1 is 1.20 bits per heavy atom. The average molecular weight is 306 g/mol. The summed E-state index contributed by atoms with van der Waals surface area (Å²) in [4.78, 5) is 12.0. The summed E-state index contributed by atoms with van der Waals surface area (Å²) >= 11 is 5.60. The summed E-state index contributed by atoms with van der Waals surface area (Å²) in [5.74, 6) is -0.530. The van der Waals surface area contributed by atoms with E-state index in [9.17, 15) is 18.0 Å². The summed E-state index contributed by atoms with van der Waals surface area (Å²) in [5, 5.41) is 2.39. The van der Waals surface area contributed by atoms with E-state index in [0.717, 1.165) is 38.2 Å². The molecule has 1 N–H and O–H groups in total. The first-order valence-electron chi connectivity index (χ1n) is 6.55. The largest absolute Gasteiger partial charge is 0.418 e. The Morgan fingerprint density at radius 2 is 1.85 bits per heavy atom. The summed E-state index contributed by atoms with van der Waals surface area (Å²) in [6, 6.07) is 3.37. The van der Waals surface area contributed by atoms with Crippen LogP contribution in [0.15, 0.2) is 18.2 Å². The van der Waals surface area contributed by atoms with Gasteiger partial charge in [-0.2, -0.15) is 13.2 Å². The highest BCUT2D eigenvalue weighted by atomic mass is 35.5. The van der Waals surface area contributed by atoms with Gasteiger partial charge in [0.1, 0.15) is 0 Å². The number of hydrogen-bond donors (Lipinski definition) is 1. The van der Waals surface area contributed by atoms with Crippen molar-refractivity contribution in [3.05, 3.63) is 28.8 Å². The minimum absolute atomic E-state index is 0.00649. The first-order valence-corrected chi connectivity index (χ1v) is 6.93. The number of nitrogens with one attached hydrogen (secondary N) is 1. The topological polar surface area (TPSA) is 29.1 Å². The molecule has 2 nitrogen and oxygen atoms in total. The molecule has 1 aromatic carbocycles. The molecule has 0 aromatic heterocycles. The molecule has 20 heavy (non-hydrogen) atoms. The normalized spacial score (nSPS) is 17.0. The summed E-state index contributed by atoms with van der Waals surface area (Å²) < 4.78 is 38.7. The van der Waals surface area contributed by atoms with Gasteiger partial charge in [0, 0.05) is 10.9 Å². The molecule has 0 atom stereocenters. The predicted octanol–water partition coefficient (Wildman–Crippen LogP) is 4.88. The molecule has 1 amide bonds. The van der Waals surface area contributed by atoms with Gasteiger partial charge in [-0.25, -0.2) is 0 Å². The van der Waals surface area contributed by atoms with Crippen molar-refractivity contribution in [2.24, 2.45) is 5.92 Å². The van der Waals surface area contributed by atoms with Gasteiger partial charge in [-0.1, -0.05) is 30.9 Å². The number of rotatable bonds is 2. The number of carbonyl (C=O) groups excluding carboxylic acids is 1. The molecule has 1 aliphatic carbocycles. The molecular weight excluding hydrogens is 291 g/mol. The van der Waals surface area contributed by atoms with Crippen LogP contribution in [0.1, 0.15) is 37.7 Å². The number of alkyl halides is 3. The van der Waals surface area contributed by atoms with Crippen molar-refractivity contribution in [3.63, 3.8) is 0 Å². The summed E-state index contributed by atoms with van der Waals surface area (Å²) in [5.41, 5.74) is -1.13. The van der Waals surface area contributed by atoms with Crippen LogP contribution in [0.4, 0.5) is 18.9 Å². The molecule has 0 unspecified atom stereocenters. The lowest BCUT2D eigenvalue weighted by Gasteiger charge is -2.22. The van der Waals surface area contributed by atoms with Gasteiger partial charge < -0.3 is 5.32 Å². The average Bonchev–Trinajstić information content (AvgIpc) is 2.40. The van der Waals surface area contributed by atoms with Crippen molar-refractivity contribution in [1.29, 1.82) is 0 Å². The van der Waals surface area contributed by atoms with E-state index in [4.69, 9.17) is 11.6 Å². The van der Waals surface area contributed by atoms with Gasteiger partial charge in [0.25, 0.3) is 0 Å². The fraction of sp³-hybridized carbons (Fsp3) is 0.500. The molecule has 0 saturated heterocycles. The van der Waals surface area contributed by atoms with Crippen molar-refractivity contribution in [2.45, 2.75) is 38.3 Å². The molecule has 0 aliphatic heterocycles. The lowest BCUT2D eigenvalue weighted by molar-refractivity contribution is -0.137. The van der Waals surface area contributed by atoms with Gasteiger partial charge in [-0.05, 0) is 31.0 Å². The summed E-state index contributed by atoms with van der Waals surface area (Å²) in [6.07, 6.45) is -0.0875. The SMILES string of the molecule is O=C(Nc1ccc(Cl)cc1C(F)(F)F)C1CCCCC1. The number of carbonyl (C=O) groups is 1. The Bertz CT molecular complexity index is 496. The smallest absolute Gasteiger partial charge is 0.325 e. The maximum Gasteiger partial charge on any atom is 0.418 e. The maximum absolute atomic E-state index is 12.9. The number of halogens is 4. The van der Waals surface area contributed by atoms with Crippen LogP contribution in [0, 0.1) is 5.92 Å². The van der Waals surface area contributed by atoms with Gasteiger partial charge in [-0.15, -0.1) is 0 Å². The van der Waals surface area contributed by atoms with Crippen LogP contribution in [-0.4, -0.2) is 5.91 Å². The first kappa shape index (κ1) is 15.2. The van der Waals surface area contributed by atoms with E-state index >= 15 is 0 Å². The third kappa shape index (κ3) is 3.66. The standard InChI is InChI=1S/C14H15ClF3NO/c15-10-6-7-12(11(8-10)14(16,17)18)19-13(20)9-4-2-1-3-5-9/h6-9H,1-5H2,(H,19,20). The highest BCUT2D eigenvalue weighted by Crippen LogP contribution is 2.37. The molecule has 110 valence electrons. The van der Waals surface area contributed by atoms with E-state index in [-0.39, 0.29) is 22.5 Å². The Balaban J connectivity index is 2.18. The zero-order chi connectivity index (χ0) is 14.8. The fourth-order valence-corrected chi connectivity index (χ4v) is 2.63. The number of hydrogen-bond acceptors (Lipinski definition) is 1. The third-order valence-electron chi connectivity index (χ3n) is 3.52. The van der Waals surface area contributed by atoms with Crippen molar-refractivity contribution in [3.8, 4) is 0 Å². The van der Waals surface area contributed by atoms with E-state index in [2.05, 4.69) is 5.32 Å². The monoisotopic (exact) mass is 305 g/mol. The zero-order valence-electron chi connectivity index (χ0n) is 10.8. The lowest BCUT2D eigenvalue weighted by Crippen LogP contribution is -2.26.